The third-order valence-electron chi connectivity index (χ3n) is 3.18. The molecule has 0 spiro atoms. The van der Waals surface area contributed by atoms with Gasteiger partial charge in [0.05, 0.1) is 0 Å². The van der Waals surface area contributed by atoms with Crippen LogP contribution in [0, 0.1) is 12.3 Å². The van der Waals surface area contributed by atoms with E-state index in [-0.39, 0.29) is 11.5 Å². The summed E-state index contributed by atoms with van der Waals surface area (Å²) in [6.07, 6.45) is 0.888. The Bertz CT molecular complexity index is 704. The van der Waals surface area contributed by atoms with E-state index in [2.05, 4.69) is 10.2 Å². The maximum Gasteiger partial charge on any atom is 0.343 e. The molecule has 0 unspecified atom stereocenters. The second-order valence-corrected chi connectivity index (χ2v) is 5.75. The zero-order valence-corrected chi connectivity index (χ0v) is 13.0. The molecule has 0 aliphatic heterocycles. The fourth-order valence-corrected chi connectivity index (χ4v) is 3.05. The van der Waals surface area contributed by atoms with E-state index in [1.807, 2.05) is 32.0 Å². The van der Waals surface area contributed by atoms with Crippen molar-refractivity contribution in [3.05, 3.63) is 45.4 Å². The zero-order valence-electron chi connectivity index (χ0n) is 12.1. The van der Waals surface area contributed by atoms with Crippen molar-refractivity contribution in [3.63, 3.8) is 0 Å². The number of nitrogens with zero attached hydrogens (tertiary/aromatic N) is 2. The number of nitrogens with two attached hydrogens (primary N) is 1. The van der Waals surface area contributed by atoms with Gasteiger partial charge in [-0.3, -0.25) is 9.98 Å². The Morgan fingerprint density at radius 1 is 1.52 bits per heavy atom. The Labute approximate surface area is 127 Å². The fraction of sp³-hybridized carbons (Fsp3) is 0.357. The number of hydrogen-bond donors (Lipinski definition) is 3. The van der Waals surface area contributed by atoms with Gasteiger partial charge in [0.1, 0.15) is 5.84 Å². The molecule has 2 aromatic rings. The summed E-state index contributed by atoms with van der Waals surface area (Å²) in [5.74, 6) is 0.791. The molecule has 0 amide bonds. The molecule has 0 radical (unpaired) electrons. The minimum atomic E-state index is -0.164. The minimum Gasteiger partial charge on any atom is -0.384 e. The zero-order chi connectivity index (χ0) is 15.4. The Kier molecular flexibility index (Phi) is 4.85. The second-order valence-electron chi connectivity index (χ2n) is 4.81. The van der Waals surface area contributed by atoms with E-state index < -0.39 is 0 Å². The van der Waals surface area contributed by atoms with Gasteiger partial charge in [-0.25, -0.2) is 9.89 Å². The number of aromatic nitrogens is 3. The highest BCUT2D eigenvalue weighted by Gasteiger charge is 2.09. The molecule has 0 aliphatic rings. The molecule has 7 heteroatoms. The molecular formula is C14H19N5OS. The van der Waals surface area contributed by atoms with Gasteiger partial charge < -0.3 is 5.73 Å². The minimum absolute atomic E-state index is 0.0707. The van der Waals surface area contributed by atoms with Gasteiger partial charge in [-0.15, -0.1) is 5.10 Å². The fourth-order valence-electron chi connectivity index (χ4n) is 2.00. The number of amidine groups is 1. The first-order chi connectivity index (χ1) is 10.0. The summed E-state index contributed by atoms with van der Waals surface area (Å²) in [5.41, 5.74) is 8.26. The van der Waals surface area contributed by atoms with Gasteiger partial charge >= 0.3 is 5.69 Å². The highest BCUT2D eigenvalue weighted by Crippen LogP contribution is 2.22. The quantitative estimate of drug-likeness (QED) is 0.431. The van der Waals surface area contributed by atoms with Crippen molar-refractivity contribution in [2.45, 2.75) is 37.7 Å². The normalized spacial score (nSPS) is 10.8. The van der Waals surface area contributed by atoms with Crippen LogP contribution in [0.4, 0.5) is 0 Å². The average Bonchev–Trinajstić information content (AvgIpc) is 2.79. The van der Waals surface area contributed by atoms with Crippen molar-refractivity contribution in [1.29, 1.82) is 5.41 Å². The molecule has 1 heterocycles. The van der Waals surface area contributed by atoms with E-state index in [0.717, 1.165) is 28.9 Å². The first-order valence-electron chi connectivity index (χ1n) is 6.74. The van der Waals surface area contributed by atoms with Crippen LogP contribution in [0.5, 0.6) is 0 Å². The van der Waals surface area contributed by atoms with Crippen LogP contribution in [-0.2, 0) is 12.3 Å². The lowest BCUT2D eigenvalue weighted by atomic mass is 10.1. The molecule has 0 saturated heterocycles. The van der Waals surface area contributed by atoms with Crippen molar-refractivity contribution in [3.8, 4) is 0 Å². The largest absolute Gasteiger partial charge is 0.384 e. The van der Waals surface area contributed by atoms with Crippen LogP contribution < -0.4 is 11.4 Å². The van der Waals surface area contributed by atoms with Gasteiger partial charge in [0.2, 0.25) is 0 Å². The first kappa shape index (κ1) is 15.4. The van der Waals surface area contributed by atoms with E-state index in [1.54, 1.807) is 4.57 Å². The van der Waals surface area contributed by atoms with Crippen molar-refractivity contribution in [1.82, 2.24) is 14.8 Å². The predicted molar refractivity (Wildman–Crippen MR) is 84.9 cm³/mol. The number of nitrogens with one attached hydrogen (secondary N) is 2. The number of rotatable bonds is 6. The van der Waals surface area contributed by atoms with Gasteiger partial charge in [-0.05, 0) is 30.5 Å². The van der Waals surface area contributed by atoms with Crippen LogP contribution in [0.15, 0.2) is 28.2 Å². The van der Waals surface area contributed by atoms with Crippen LogP contribution in [-0.4, -0.2) is 20.6 Å². The van der Waals surface area contributed by atoms with E-state index in [1.165, 1.54) is 11.8 Å². The van der Waals surface area contributed by atoms with Crippen molar-refractivity contribution < 1.29 is 0 Å². The van der Waals surface area contributed by atoms with Gasteiger partial charge in [0.15, 0.2) is 5.16 Å². The van der Waals surface area contributed by atoms with Gasteiger partial charge in [0.25, 0.3) is 0 Å². The summed E-state index contributed by atoms with van der Waals surface area (Å²) in [4.78, 5) is 11.6. The third kappa shape index (κ3) is 3.55. The molecule has 0 aliphatic carbocycles. The molecule has 1 aromatic carbocycles. The summed E-state index contributed by atoms with van der Waals surface area (Å²) in [6, 6.07) is 5.71. The highest BCUT2D eigenvalue weighted by atomic mass is 32.2. The van der Waals surface area contributed by atoms with E-state index in [9.17, 15) is 4.79 Å². The predicted octanol–water partition coefficient (Wildman–Crippen LogP) is 1.87. The molecule has 21 heavy (non-hydrogen) atoms. The Morgan fingerprint density at radius 3 is 2.90 bits per heavy atom. The Morgan fingerprint density at radius 2 is 2.29 bits per heavy atom. The molecule has 0 fully saturated rings. The number of H-pyrrole nitrogens is 1. The second kappa shape index (κ2) is 6.62. The smallest absolute Gasteiger partial charge is 0.343 e. The molecule has 0 bridgehead atoms. The lowest BCUT2D eigenvalue weighted by Crippen LogP contribution is -2.17. The van der Waals surface area contributed by atoms with Crippen molar-refractivity contribution in [2.75, 3.05) is 0 Å². The third-order valence-corrected chi connectivity index (χ3v) is 4.21. The van der Waals surface area contributed by atoms with Crippen LogP contribution in [0.3, 0.4) is 0 Å². The summed E-state index contributed by atoms with van der Waals surface area (Å²) < 4.78 is 1.66. The average molecular weight is 305 g/mol. The number of aryl methyl sites for hydroxylation is 1. The van der Waals surface area contributed by atoms with E-state index in [0.29, 0.717) is 11.7 Å². The molecule has 2 rings (SSSR count). The number of nitrogen functional groups attached to an aromatic ring is 1. The van der Waals surface area contributed by atoms with Crippen molar-refractivity contribution in [2.24, 2.45) is 5.73 Å². The highest BCUT2D eigenvalue weighted by molar-refractivity contribution is 7.98. The number of aromatic amines is 1. The monoisotopic (exact) mass is 305 g/mol. The van der Waals surface area contributed by atoms with Gasteiger partial charge in [-0.1, -0.05) is 30.8 Å². The molecule has 112 valence electrons. The topological polar surface area (TPSA) is 101 Å². The molecular weight excluding hydrogens is 286 g/mol. The van der Waals surface area contributed by atoms with E-state index in [4.69, 9.17) is 11.1 Å². The van der Waals surface area contributed by atoms with Gasteiger partial charge in [0, 0.05) is 17.9 Å². The van der Waals surface area contributed by atoms with E-state index >= 15 is 0 Å². The van der Waals surface area contributed by atoms with Crippen LogP contribution in [0.25, 0.3) is 0 Å². The lowest BCUT2D eigenvalue weighted by molar-refractivity contribution is 0.604. The summed E-state index contributed by atoms with van der Waals surface area (Å²) in [7, 11) is 0. The maximum absolute atomic E-state index is 11.6. The SMILES string of the molecule is CCCn1c(SCc2ccc(C(=N)N)cc2C)n[nH]c1=O. The molecule has 0 saturated carbocycles. The standard InChI is InChI=1S/C14H19N5OS/c1-3-6-19-13(20)17-18-14(19)21-8-11-5-4-10(12(15)16)7-9(11)2/h4-5,7H,3,6,8H2,1-2H3,(H3,15,16)(H,17,20). The Balaban J connectivity index is 2.13. The van der Waals surface area contributed by atoms with Gasteiger partial charge in [-0.2, -0.15) is 0 Å². The number of hydrogen-bond acceptors (Lipinski definition) is 4. The molecule has 1 aromatic heterocycles. The number of thioether (sulfide) groups is 1. The molecule has 6 nitrogen and oxygen atoms in total. The summed E-state index contributed by atoms with van der Waals surface area (Å²) >= 11 is 1.53. The summed E-state index contributed by atoms with van der Waals surface area (Å²) in [5, 5.41) is 14.7. The number of benzene rings is 1. The lowest BCUT2D eigenvalue weighted by Gasteiger charge is -2.08. The molecule has 4 N–H and O–H groups in total. The summed E-state index contributed by atoms with van der Waals surface area (Å²) in [6.45, 7) is 4.68. The maximum atomic E-state index is 11.6. The molecule has 0 atom stereocenters. The van der Waals surface area contributed by atoms with Crippen LogP contribution in [0.2, 0.25) is 0 Å². The van der Waals surface area contributed by atoms with Crippen molar-refractivity contribution >= 4 is 17.6 Å². The van der Waals surface area contributed by atoms with Crippen LogP contribution in [0.1, 0.15) is 30.0 Å². The first-order valence-corrected chi connectivity index (χ1v) is 7.73. The van der Waals surface area contributed by atoms with Crippen LogP contribution >= 0.6 is 11.8 Å². The Hall–Kier alpha value is -2.02.